The molecule has 0 atom stereocenters. The molecule has 19 heavy (non-hydrogen) atoms. The minimum absolute atomic E-state index is 0.0224. The molecule has 1 N–H and O–H groups in total. The normalized spacial score (nSPS) is 10.4. The van der Waals surface area contributed by atoms with E-state index in [2.05, 4.69) is 0 Å². The molecule has 0 fully saturated rings. The predicted molar refractivity (Wildman–Crippen MR) is 71.0 cm³/mol. The van der Waals surface area contributed by atoms with Gasteiger partial charge in [0.15, 0.2) is 5.78 Å². The van der Waals surface area contributed by atoms with Gasteiger partial charge in [0.05, 0.1) is 6.54 Å². The van der Waals surface area contributed by atoms with Gasteiger partial charge in [-0.1, -0.05) is 41.7 Å². The highest BCUT2D eigenvalue weighted by molar-refractivity contribution is 7.11. The molecule has 1 aromatic carbocycles. The first kappa shape index (κ1) is 13.2. The number of benzene rings is 1. The molecule has 0 aliphatic carbocycles. The van der Waals surface area contributed by atoms with Crippen LogP contribution in [0.2, 0.25) is 0 Å². The standard InChI is InChI=1S/C13H11NO4S/c1-8-11(12(16)17)19-13(18)14(8)7-10(15)9-5-3-2-4-6-9/h2-6H,7H2,1H3,(H,16,17). The Morgan fingerprint density at radius 2 is 1.89 bits per heavy atom. The van der Waals surface area contributed by atoms with Crippen molar-refractivity contribution in [1.82, 2.24) is 4.57 Å². The monoisotopic (exact) mass is 277 g/mol. The van der Waals surface area contributed by atoms with Crippen molar-refractivity contribution < 1.29 is 14.7 Å². The fourth-order valence-corrected chi connectivity index (χ4v) is 2.55. The fourth-order valence-electron chi connectivity index (χ4n) is 1.72. The number of nitrogens with zero attached hydrogens (tertiary/aromatic N) is 1. The average molecular weight is 277 g/mol. The van der Waals surface area contributed by atoms with E-state index in [9.17, 15) is 14.4 Å². The molecule has 6 heteroatoms. The topological polar surface area (TPSA) is 76.4 Å². The zero-order valence-electron chi connectivity index (χ0n) is 10.1. The van der Waals surface area contributed by atoms with Gasteiger partial charge in [0, 0.05) is 11.3 Å². The Hall–Kier alpha value is -2.21. The molecule has 0 bridgehead atoms. The number of carbonyl (C=O) groups is 2. The Labute approximate surface area is 112 Å². The van der Waals surface area contributed by atoms with E-state index in [0.717, 1.165) is 0 Å². The van der Waals surface area contributed by atoms with E-state index in [1.54, 1.807) is 30.3 Å². The summed E-state index contributed by atoms with van der Waals surface area (Å²) in [5.41, 5.74) is 0.809. The van der Waals surface area contributed by atoms with Crippen LogP contribution in [0, 0.1) is 6.92 Å². The van der Waals surface area contributed by atoms with Crippen molar-refractivity contribution in [2.24, 2.45) is 0 Å². The van der Waals surface area contributed by atoms with Crippen molar-refractivity contribution in [3.05, 3.63) is 56.1 Å². The number of aromatic carboxylic acids is 1. The first-order valence-corrected chi connectivity index (χ1v) is 6.34. The van der Waals surface area contributed by atoms with Crippen LogP contribution in [-0.2, 0) is 6.54 Å². The largest absolute Gasteiger partial charge is 0.477 e. The van der Waals surface area contributed by atoms with Crippen LogP contribution in [0.25, 0.3) is 0 Å². The minimum atomic E-state index is -1.15. The molecular weight excluding hydrogens is 266 g/mol. The summed E-state index contributed by atoms with van der Waals surface area (Å²) in [6.07, 6.45) is 0. The highest BCUT2D eigenvalue weighted by Crippen LogP contribution is 2.12. The zero-order chi connectivity index (χ0) is 14.0. The number of hydrogen-bond acceptors (Lipinski definition) is 4. The molecule has 0 aliphatic heterocycles. The van der Waals surface area contributed by atoms with Crippen LogP contribution < -0.4 is 4.87 Å². The van der Waals surface area contributed by atoms with Gasteiger partial charge < -0.3 is 5.11 Å². The average Bonchev–Trinajstić information content (AvgIpc) is 2.68. The minimum Gasteiger partial charge on any atom is -0.477 e. The lowest BCUT2D eigenvalue weighted by atomic mass is 10.1. The summed E-state index contributed by atoms with van der Waals surface area (Å²) in [5, 5.41) is 8.93. The molecule has 0 saturated carbocycles. The number of Topliss-reactive ketones (excluding diaryl/α,β-unsaturated/α-hetero) is 1. The maximum atomic E-state index is 12.0. The fraction of sp³-hybridized carbons (Fsp3) is 0.154. The summed E-state index contributed by atoms with van der Waals surface area (Å²) in [6, 6.07) is 8.58. The SMILES string of the molecule is Cc1c(C(=O)O)sc(=O)n1CC(=O)c1ccccc1. The van der Waals surface area contributed by atoms with Crippen molar-refractivity contribution >= 4 is 23.1 Å². The highest BCUT2D eigenvalue weighted by Gasteiger charge is 2.18. The molecule has 98 valence electrons. The maximum Gasteiger partial charge on any atom is 0.347 e. The highest BCUT2D eigenvalue weighted by atomic mass is 32.1. The van der Waals surface area contributed by atoms with E-state index in [-0.39, 0.29) is 17.2 Å². The van der Waals surface area contributed by atoms with E-state index in [0.29, 0.717) is 22.6 Å². The van der Waals surface area contributed by atoms with Crippen molar-refractivity contribution in [3.63, 3.8) is 0 Å². The second-order valence-electron chi connectivity index (χ2n) is 3.96. The molecule has 0 unspecified atom stereocenters. The number of carboxylic acid groups (broad SMARTS) is 1. The second-order valence-corrected chi connectivity index (χ2v) is 4.92. The number of ketones is 1. The number of carbonyl (C=O) groups excluding carboxylic acids is 1. The Morgan fingerprint density at radius 1 is 1.26 bits per heavy atom. The summed E-state index contributed by atoms with van der Waals surface area (Å²) in [5.74, 6) is -1.37. The van der Waals surface area contributed by atoms with E-state index in [1.807, 2.05) is 0 Å². The molecule has 1 heterocycles. The van der Waals surface area contributed by atoms with Crippen molar-refractivity contribution in [2.75, 3.05) is 0 Å². The van der Waals surface area contributed by atoms with Gasteiger partial charge in [-0.15, -0.1) is 0 Å². The van der Waals surface area contributed by atoms with E-state index >= 15 is 0 Å². The third kappa shape index (κ3) is 2.63. The van der Waals surface area contributed by atoms with Gasteiger partial charge in [-0.05, 0) is 6.92 Å². The number of hydrogen-bond donors (Lipinski definition) is 1. The molecule has 0 spiro atoms. The molecule has 0 radical (unpaired) electrons. The number of carboxylic acids is 1. The van der Waals surface area contributed by atoms with Gasteiger partial charge in [0.1, 0.15) is 4.88 Å². The Balaban J connectivity index is 2.33. The summed E-state index contributed by atoms with van der Waals surface area (Å²) in [7, 11) is 0. The summed E-state index contributed by atoms with van der Waals surface area (Å²) in [6.45, 7) is 1.39. The molecular formula is C13H11NO4S. The first-order valence-electron chi connectivity index (χ1n) is 5.52. The van der Waals surface area contributed by atoms with Crippen molar-refractivity contribution in [2.45, 2.75) is 13.5 Å². The van der Waals surface area contributed by atoms with Gasteiger partial charge in [-0.25, -0.2) is 4.79 Å². The quantitative estimate of drug-likeness (QED) is 0.864. The van der Waals surface area contributed by atoms with E-state index in [1.165, 1.54) is 11.5 Å². The number of aromatic nitrogens is 1. The maximum absolute atomic E-state index is 12.0. The lowest BCUT2D eigenvalue weighted by molar-refractivity contribution is 0.0700. The van der Waals surface area contributed by atoms with Crippen LogP contribution in [0.15, 0.2) is 35.1 Å². The molecule has 2 aromatic rings. The predicted octanol–water partition coefficient (Wildman–Crippen LogP) is 1.80. The summed E-state index contributed by atoms with van der Waals surface area (Å²) < 4.78 is 1.20. The van der Waals surface area contributed by atoms with Crippen LogP contribution in [-0.4, -0.2) is 21.4 Å². The smallest absolute Gasteiger partial charge is 0.347 e. The Morgan fingerprint density at radius 3 is 2.42 bits per heavy atom. The number of thiazole rings is 1. The molecule has 2 rings (SSSR count). The zero-order valence-corrected chi connectivity index (χ0v) is 10.9. The van der Waals surface area contributed by atoms with Crippen molar-refractivity contribution in [3.8, 4) is 0 Å². The van der Waals surface area contributed by atoms with Crippen LogP contribution in [0.1, 0.15) is 25.7 Å². The Kier molecular flexibility index (Phi) is 3.62. The van der Waals surface area contributed by atoms with Gasteiger partial charge in [0.25, 0.3) is 0 Å². The summed E-state index contributed by atoms with van der Waals surface area (Å²) in [4.78, 5) is 34.2. The summed E-state index contributed by atoms with van der Waals surface area (Å²) >= 11 is 0.642. The van der Waals surface area contributed by atoms with Gasteiger partial charge in [-0.2, -0.15) is 0 Å². The molecule has 0 saturated heterocycles. The van der Waals surface area contributed by atoms with Crippen molar-refractivity contribution in [1.29, 1.82) is 0 Å². The molecule has 5 nitrogen and oxygen atoms in total. The van der Waals surface area contributed by atoms with Crippen LogP contribution >= 0.6 is 11.3 Å². The third-order valence-corrected chi connectivity index (χ3v) is 3.80. The van der Waals surface area contributed by atoms with E-state index in [4.69, 9.17) is 5.11 Å². The second kappa shape index (κ2) is 5.19. The number of rotatable bonds is 4. The van der Waals surface area contributed by atoms with E-state index < -0.39 is 10.8 Å². The lowest BCUT2D eigenvalue weighted by Crippen LogP contribution is -2.20. The lowest BCUT2D eigenvalue weighted by Gasteiger charge is -2.04. The van der Waals surface area contributed by atoms with Gasteiger partial charge >= 0.3 is 10.8 Å². The third-order valence-electron chi connectivity index (χ3n) is 2.73. The van der Waals surface area contributed by atoms with Gasteiger partial charge in [0.2, 0.25) is 0 Å². The molecule has 0 aliphatic rings. The van der Waals surface area contributed by atoms with Crippen LogP contribution in [0.5, 0.6) is 0 Å². The first-order chi connectivity index (χ1) is 9.00. The molecule has 1 aromatic heterocycles. The van der Waals surface area contributed by atoms with Crippen LogP contribution in [0.3, 0.4) is 0 Å². The van der Waals surface area contributed by atoms with Gasteiger partial charge in [-0.3, -0.25) is 14.2 Å². The van der Waals surface area contributed by atoms with Crippen LogP contribution in [0.4, 0.5) is 0 Å². The Bertz CT molecular complexity index is 684. The molecule has 0 amide bonds.